The summed E-state index contributed by atoms with van der Waals surface area (Å²) in [7, 11) is 3.20. The number of rotatable bonds is 4. The molecule has 0 saturated carbocycles. The molecule has 0 radical (unpaired) electrons. The van der Waals surface area contributed by atoms with Crippen molar-refractivity contribution in [3.8, 4) is 11.5 Å². The number of ether oxygens (including phenoxy) is 2. The van der Waals surface area contributed by atoms with Gasteiger partial charge in [0.1, 0.15) is 22.7 Å². The molecule has 1 amide bonds. The average Bonchev–Trinajstić information content (AvgIpc) is 3.11. The molecular weight excluding hydrogens is 329 g/mol. The molecule has 2 aromatic rings. The summed E-state index contributed by atoms with van der Waals surface area (Å²) >= 11 is 1.69. The molecule has 1 aliphatic rings. The van der Waals surface area contributed by atoms with E-state index < -0.39 is 0 Å². The fourth-order valence-corrected chi connectivity index (χ4v) is 3.92. The van der Waals surface area contributed by atoms with Gasteiger partial charge >= 0.3 is 0 Å². The van der Waals surface area contributed by atoms with E-state index in [4.69, 9.17) is 9.47 Å². The summed E-state index contributed by atoms with van der Waals surface area (Å²) < 4.78 is 23.7. The molecule has 0 aliphatic carbocycles. The maximum absolute atomic E-state index is 13.1. The Hall–Kier alpha value is -2.21. The summed E-state index contributed by atoms with van der Waals surface area (Å²) in [6.07, 6.45) is 0. The van der Waals surface area contributed by atoms with Crippen LogP contribution in [0.5, 0.6) is 11.5 Å². The molecule has 0 unspecified atom stereocenters. The van der Waals surface area contributed by atoms with Crippen LogP contribution in [0.4, 0.5) is 4.39 Å². The number of hydrogen-bond donors (Lipinski definition) is 0. The van der Waals surface area contributed by atoms with Crippen LogP contribution in [0.25, 0.3) is 0 Å². The molecule has 6 heteroatoms. The highest BCUT2D eigenvalue weighted by Gasteiger charge is 2.32. The van der Waals surface area contributed by atoms with Crippen LogP contribution in [-0.4, -0.2) is 37.3 Å². The Morgan fingerprint density at radius 3 is 2.33 bits per heavy atom. The lowest BCUT2D eigenvalue weighted by Gasteiger charge is -2.25. The van der Waals surface area contributed by atoms with Crippen molar-refractivity contribution in [1.82, 2.24) is 4.90 Å². The van der Waals surface area contributed by atoms with Gasteiger partial charge in [-0.2, -0.15) is 0 Å². The van der Waals surface area contributed by atoms with E-state index in [9.17, 15) is 9.18 Å². The van der Waals surface area contributed by atoms with Gasteiger partial charge in [-0.15, -0.1) is 11.8 Å². The standard InChI is InChI=1S/C18H18FNO3S/c1-22-15-9-13(10-16(11-15)23-2)18-20(7-8-24-18)17(21)12-3-5-14(19)6-4-12/h3-6,9-11,18H,7-8H2,1-2H3/t18-/m1/s1. The molecule has 126 valence electrons. The second kappa shape index (κ2) is 7.13. The van der Waals surface area contributed by atoms with Gasteiger partial charge in [0.25, 0.3) is 5.91 Å². The Balaban J connectivity index is 1.90. The lowest BCUT2D eigenvalue weighted by atomic mass is 10.1. The smallest absolute Gasteiger partial charge is 0.255 e. The first-order chi connectivity index (χ1) is 11.6. The number of thioether (sulfide) groups is 1. The van der Waals surface area contributed by atoms with Gasteiger partial charge in [-0.3, -0.25) is 4.79 Å². The number of carbonyl (C=O) groups excluding carboxylic acids is 1. The monoisotopic (exact) mass is 347 g/mol. The maximum atomic E-state index is 13.1. The van der Waals surface area contributed by atoms with Gasteiger partial charge in [-0.1, -0.05) is 0 Å². The van der Waals surface area contributed by atoms with E-state index in [1.165, 1.54) is 24.3 Å². The lowest BCUT2D eigenvalue weighted by molar-refractivity contribution is 0.0760. The highest BCUT2D eigenvalue weighted by molar-refractivity contribution is 7.99. The molecule has 1 aliphatic heterocycles. The number of nitrogens with zero attached hydrogens (tertiary/aromatic N) is 1. The van der Waals surface area contributed by atoms with E-state index in [1.54, 1.807) is 36.9 Å². The average molecular weight is 347 g/mol. The van der Waals surface area contributed by atoms with Crippen LogP contribution in [0.15, 0.2) is 42.5 Å². The molecule has 0 aromatic heterocycles. The normalized spacial score (nSPS) is 17.0. The second-order valence-corrected chi connectivity index (χ2v) is 6.56. The summed E-state index contributed by atoms with van der Waals surface area (Å²) in [6.45, 7) is 0.644. The van der Waals surface area contributed by atoms with Crippen molar-refractivity contribution in [3.63, 3.8) is 0 Å². The molecule has 2 aromatic carbocycles. The molecule has 4 nitrogen and oxygen atoms in total. The summed E-state index contributed by atoms with van der Waals surface area (Å²) in [5.41, 5.74) is 1.43. The zero-order valence-electron chi connectivity index (χ0n) is 13.5. The second-order valence-electron chi connectivity index (χ2n) is 5.37. The molecule has 1 fully saturated rings. The van der Waals surface area contributed by atoms with Gasteiger partial charge in [0.05, 0.1) is 14.2 Å². The fraction of sp³-hybridized carbons (Fsp3) is 0.278. The fourth-order valence-electron chi connectivity index (χ4n) is 2.68. The number of hydrogen-bond acceptors (Lipinski definition) is 4. The summed E-state index contributed by atoms with van der Waals surface area (Å²) in [4.78, 5) is 14.6. The van der Waals surface area contributed by atoms with Crippen LogP contribution in [-0.2, 0) is 0 Å². The van der Waals surface area contributed by atoms with Crippen LogP contribution < -0.4 is 9.47 Å². The van der Waals surface area contributed by atoms with Crippen molar-refractivity contribution in [2.45, 2.75) is 5.37 Å². The van der Waals surface area contributed by atoms with Gasteiger partial charge in [-0.25, -0.2) is 4.39 Å². The summed E-state index contributed by atoms with van der Waals surface area (Å²) in [6, 6.07) is 11.3. The summed E-state index contributed by atoms with van der Waals surface area (Å²) in [5, 5.41) is -0.119. The number of carbonyl (C=O) groups is 1. The topological polar surface area (TPSA) is 38.8 Å². The van der Waals surface area contributed by atoms with Crippen molar-refractivity contribution < 1.29 is 18.7 Å². The van der Waals surface area contributed by atoms with Gasteiger partial charge in [-0.05, 0) is 42.0 Å². The Morgan fingerprint density at radius 1 is 1.12 bits per heavy atom. The van der Waals surface area contributed by atoms with Crippen molar-refractivity contribution in [1.29, 1.82) is 0 Å². The van der Waals surface area contributed by atoms with Crippen molar-refractivity contribution in [2.24, 2.45) is 0 Å². The third kappa shape index (κ3) is 3.33. The largest absolute Gasteiger partial charge is 0.497 e. The lowest BCUT2D eigenvalue weighted by Crippen LogP contribution is -2.30. The molecule has 1 heterocycles. The number of amides is 1. The molecule has 24 heavy (non-hydrogen) atoms. The number of methoxy groups -OCH3 is 2. The van der Waals surface area contributed by atoms with E-state index in [0.29, 0.717) is 23.6 Å². The highest BCUT2D eigenvalue weighted by Crippen LogP contribution is 2.41. The zero-order chi connectivity index (χ0) is 17.1. The Bertz CT molecular complexity index is 713. The molecule has 0 spiro atoms. The van der Waals surface area contributed by atoms with Gasteiger partial charge in [0.2, 0.25) is 0 Å². The highest BCUT2D eigenvalue weighted by atomic mass is 32.2. The minimum Gasteiger partial charge on any atom is -0.497 e. The van der Waals surface area contributed by atoms with Crippen LogP contribution in [0.2, 0.25) is 0 Å². The van der Waals surface area contributed by atoms with Crippen molar-refractivity contribution in [2.75, 3.05) is 26.5 Å². The molecular formula is C18H18FNO3S. The van der Waals surface area contributed by atoms with Gasteiger partial charge < -0.3 is 14.4 Å². The van der Waals surface area contributed by atoms with Crippen LogP contribution in [0.3, 0.4) is 0 Å². The maximum Gasteiger partial charge on any atom is 0.255 e. The van der Waals surface area contributed by atoms with Gasteiger partial charge in [0, 0.05) is 23.9 Å². The number of halogens is 1. The van der Waals surface area contributed by atoms with Crippen LogP contribution >= 0.6 is 11.8 Å². The minimum absolute atomic E-state index is 0.105. The quantitative estimate of drug-likeness (QED) is 0.845. The molecule has 1 atom stereocenters. The van der Waals surface area contributed by atoms with Crippen LogP contribution in [0, 0.1) is 5.82 Å². The molecule has 1 saturated heterocycles. The molecule has 0 bridgehead atoms. The van der Waals surface area contributed by atoms with Crippen molar-refractivity contribution >= 4 is 17.7 Å². The first kappa shape index (κ1) is 16.6. The Labute approximate surface area is 144 Å². The Morgan fingerprint density at radius 2 is 1.75 bits per heavy atom. The predicted molar refractivity (Wildman–Crippen MR) is 92.2 cm³/mol. The molecule has 0 N–H and O–H groups in total. The summed E-state index contributed by atoms with van der Waals surface area (Å²) in [5.74, 6) is 1.76. The van der Waals surface area contributed by atoms with E-state index in [-0.39, 0.29) is 17.1 Å². The van der Waals surface area contributed by atoms with Crippen LogP contribution in [0.1, 0.15) is 21.3 Å². The van der Waals surface area contributed by atoms with E-state index in [0.717, 1.165) is 11.3 Å². The van der Waals surface area contributed by atoms with Crippen molar-refractivity contribution in [3.05, 3.63) is 59.4 Å². The van der Waals surface area contributed by atoms with E-state index >= 15 is 0 Å². The zero-order valence-corrected chi connectivity index (χ0v) is 14.3. The third-order valence-corrected chi connectivity index (χ3v) is 5.16. The first-order valence-electron chi connectivity index (χ1n) is 7.53. The molecule has 3 rings (SSSR count). The van der Waals surface area contributed by atoms with Gasteiger partial charge in [0.15, 0.2) is 0 Å². The Kier molecular flexibility index (Phi) is 4.94. The number of benzene rings is 2. The minimum atomic E-state index is -0.351. The third-order valence-electron chi connectivity index (χ3n) is 3.90. The van der Waals surface area contributed by atoms with E-state index in [2.05, 4.69) is 0 Å². The van der Waals surface area contributed by atoms with E-state index in [1.807, 2.05) is 12.1 Å². The SMILES string of the molecule is COc1cc(OC)cc([C@H]2SCCN2C(=O)c2ccc(F)cc2)c1. The predicted octanol–water partition coefficient (Wildman–Crippen LogP) is 3.73. The first-order valence-corrected chi connectivity index (χ1v) is 8.58.